The van der Waals surface area contributed by atoms with Crippen LogP contribution < -0.4 is 5.32 Å². The van der Waals surface area contributed by atoms with Gasteiger partial charge >= 0.3 is 0 Å². The molecule has 3 aliphatic rings. The normalized spacial score (nSPS) is 29.6. The first kappa shape index (κ1) is 12.3. The minimum absolute atomic E-state index is 0.682. The molecule has 1 aliphatic heterocycles. The SMILES string of the molecule is C1CNCC(c2nc3c(s2)CC2(CCCC2)CC3)C1. The van der Waals surface area contributed by atoms with E-state index in [0.717, 1.165) is 6.54 Å². The number of nitrogens with one attached hydrogen (secondary N) is 1. The first-order valence-electron chi connectivity index (χ1n) is 8.04. The van der Waals surface area contributed by atoms with Crippen LogP contribution in [0.4, 0.5) is 0 Å². The first-order chi connectivity index (χ1) is 9.35. The van der Waals surface area contributed by atoms with E-state index in [1.54, 1.807) is 4.88 Å². The molecule has 1 saturated carbocycles. The van der Waals surface area contributed by atoms with Crippen LogP contribution in [0, 0.1) is 5.41 Å². The molecule has 104 valence electrons. The Bertz CT molecular complexity index is 453. The molecule has 2 fully saturated rings. The molecule has 2 nitrogen and oxygen atoms in total. The van der Waals surface area contributed by atoms with Gasteiger partial charge in [-0.3, -0.25) is 0 Å². The van der Waals surface area contributed by atoms with E-state index in [9.17, 15) is 0 Å². The molecule has 0 radical (unpaired) electrons. The number of piperidine rings is 1. The lowest BCUT2D eigenvalue weighted by molar-refractivity contribution is 0.256. The van der Waals surface area contributed by atoms with Gasteiger partial charge in [0.05, 0.1) is 10.7 Å². The lowest BCUT2D eigenvalue weighted by Gasteiger charge is -2.32. The third-order valence-electron chi connectivity index (χ3n) is 5.53. The highest BCUT2D eigenvalue weighted by atomic mass is 32.1. The van der Waals surface area contributed by atoms with Crippen LogP contribution in [0.1, 0.15) is 66.4 Å². The van der Waals surface area contributed by atoms with Crippen LogP contribution in [0.2, 0.25) is 0 Å². The van der Waals surface area contributed by atoms with Crippen LogP contribution in [-0.4, -0.2) is 18.1 Å². The molecule has 19 heavy (non-hydrogen) atoms. The number of nitrogens with zero attached hydrogens (tertiary/aromatic N) is 1. The Labute approximate surface area is 120 Å². The van der Waals surface area contributed by atoms with Crippen molar-refractivity contribution in [3.63, 3.8) is 0 Å². The molecule has 2 aliphatic carbocycles. The molecule has 3 heteroatoms. The summed E-state index contributed by atoms with van der Waals surface area (Å²) in [5.41, 5.74) is 2.14. The zero-order valence-electron chi connectivity index (χ0n) is 11.7. The van der Waals surface area contributed by atoms with Gasteiger partial charge in [-0.2, -0.15) is 0 Å². The maximum atomic E-state index is 5.01. The third kappa shape index (κ3) is 2.25. The van der Waals surface area contributed by atoms with Crippen molar-refractivity contribution in [1.29, 1.82) is 0 Å². The molecule has 0 amide bonds. The zero-order chi connectivity index (χ0) is 12.7. The molecule has 1 aromatic rings. The van der Waals surface area contributed by atoms with Crippen molar-refractivity contribution >= 4 is 11.3 Å². The van der Waals surface area contributed by atoms with Gasteiger partial charge in [-0.25, -0.2) is 4.98 Å². The Morgan fingerprint density at radius 1 is 1.16 bits per heavy atom. The van der Waals surface area contributed by atoms with Crippen molar-refractivity contribution < 1.29 is 0 Å². The van der Waals surface area contributed by atoms with Crippen LogP contribution in [0.15, 0.2) is 0 Å². The van der Waals surface area contributed by atoms with E-state index in [-0.39, 0.29) is 0 Å². The van der Waals surface area contributed by atoms with E-state index in [1.807, 2.05) is 0 Å². The van der Waals surface area contributed by atoms with E-state index in [0.29, 0.717) is 11.3 Å². The molecular formula is C16H24N2S. The Hall–Kier alpha value is -0.410. The van der Waals surface area contributed by atoms with E-state index in [2.05, 4.69) is 16.7 Å². The summed E-state index contributed by atoms with van der Waals surface area (Å²) in [6.45, 7) is 2.35. The second kappa shape index (κ2) is 4.85. The largest absolute Gasteiger partial charge is 0.316 e. The monoisotopic (exact) mass is 276 g/mol. The van der Waals surface area contributed by atoms with Crippen molar-refractivity contribution in [2.45, 2.75) is 63.7 Å². The Morgan fingerprint density at radius 3 is 2.84 bits per heavy atom. The molecule has 4 rings (SSSR count). The lowest BCUT2D eigenvalue weighted by atomic mass is 9.74. The van der Waals surface area contributed by atoms with Crippen LogP contribution >= 0.6 is 11.3 Å². The summed E-state index contributed by atoms with van der Waals surface area (Å²) >= 11 is 2.05. The van der Waals surface area contributed by atoms with Crippen molar-refractivity contribution in [2.24, 2.45) is 5.41 Å². The number of aromatic nitrogens is 1. The summed E-state index contributed by atoms with van der Waals surface area (Å²) in [4.78, 5) is 6.65. The molecule has 1 atom stereocenters. The van der Waals surface area contributed by atoms with E-state index >= 15 is 0 Å². The summed E-state index contributed by atoms with van der Waals surface area (Å²) in [6, 6.07) is 0. The predicted molar refractivity (Wildman–Crippen MR) is 79.9 cm³/mol. The summed E-state index contributed by atoms with van der Waals surface area (Å²) in [5.74, 6) is 0.698. The predicted octanol–water partition coefficient (Wildman–Crippen LogP) is 3.66. The Kier molecular flexibility index (Phi) is 3.15. The van der Waals surface area contributed by atoms with E-state index in [4.69, 9.17) is 4.98 Å². The minimum Gasteiger partial charge on any atom is -0.316 e. The maximum absolute atomic E-state index is 5.01. The fraction of sp³-hybridized carbons (Fsp3) is 0.812. The topological polar surface area (TPSA) is 24.9 Å². The molecule has 0 bridgehead atoms. The van der Waals surface area contributed by atoms with Gasteiger partial charge in [0.15, 0.2) is 0 Å². The van der Waals surface area contributed by atoms with Crippen molar-refractivity contribution in [2.75, 3.05) is 13.1 Å². The lowest BCUT2D eigenvalue weighted by Crippen LogP contribution is -2.28. The number of thiazole rings is 1. The zero-order valence-corrected chi connectivity index (χ0v) is 12.5. The second-order valence-electron chi connectivity index (χ2n) is 6.85. The quantitative estimate of drug-likeness (QED) is 0.846. The molecule has 1 N–H and O–H groups in total. The Morgan fingerprint density at radius 2 is 2.05 bits per heavy atom. The summed E-state index contributed by atoms with van der Waals surface area (Å²) in [7, 11) is 0. The van der Waals surface area contributed by atoms with Gasteiger partial charge in [-0.15, -0.1) is 11.3 Å². The molecule has 1 saturated heterocycles. The van der Waals surface area contributed by atoms with Gasteiger partial charge in [0.2, 0.25) is 0 Å². The van der Waals surface area contributed by atoms with Crippen molar-refractivity contribution in [1.82, 2.24) is 10.3 Å². The van der Waals surface area contributed by atoms with E-state index in [1.165, 1.54) is 75.0 Å². The maximum Gasteiger partial charge on any atom is 0.0974 e. The number of fused-ring (bicyclic) bond motifs is 1. The number of hydrogen-bond donors (Lipinski definition) is 1. The highest BCUT2D eigenvalue weighted by Gasteiger charge is 2.38. The fourth-order valence-corrected chi connectivity index (χ4v) is 5.76. The smallest absolute Gasteiger partial charge is 0.0974 e. The van der Waals surface area contributed by atoms with Gasteiger partial charge in [-0.1, -0.05) is 12.8 Å². The van der Waals surface area contributed by atoms with Gasteiger partial charge < -0.3 is 5.32 Å². The average molecular weight is 276 g/mol. The summed E-state index contributed by atoms with van der Waals surface area (Å²) in [5, 5.41) is 4.97. The second-order valence-corrected chi connectivity index (χ2v) is 7.96. The average Bonchev–Trinajstić information content (AvgIpc) is 3.07. The first-order valence-corrected chi connectivity index (χ1v) is 8.86. The molecule has 1 aromatic heterocycles. The highest BCUT2D eigenvalue weighted by Crippen LogP contribution is 2.49. The van der Waals surface area contributed by atoms with Crippen LogP contribution in [-0.2, 0) is 12.8 Å². The van der Waals surface area contributed by atoms with Gasteiger partial charge in [0, 0.05) is 17.3 Å². The van der Waals surface area contributed by atoms with Gasteiger partial charge in [0.1, 0.15) is 0 Å². The van der Waals surface area contributed by atoms with Gasteiger partial charge in [0.25, 0.3) is 0 Å². The number of aryl methyl sites for hydroxylation is 1. The molecule has 1 unspecified atom stereocenters. The number of rotatable bonds is 1. The molecule has 1 spiro atoms. The summed E-state index contributed by atoms with van der Waals surface area (Å²) in [6.07, 6.45) is 12.6. The van der Waals surface area contributed by atoms with E-state index < -0.39 is 0 Å². The van der Waals surface area contributed by atoms with Crippen molar-refractivity contribution in [3.05, 3.63) is 15.6 Å². The minimum atomic E-state index is 0.682. The highest BCUT2D eigenvalue weighted by molar-refractivity contribution is 7.11. The van der Waals surface area contributed by atoms with Gasteiger partial charge in [-0.05, 0) is 56.9 Å². The molecule has 0 aromatic carbocycles. The van der Waals surface area contributed by atoms with Crippen LogP contribution in [0.5, 0.6) is 0 Å². The van der Waals surface area contributed by atoms with Crippen molar-refractivity contribution in [3.8, 4) is 0 Å². The number of hydrogen-bond acceptors (Lipinski definition) is 3. The Balaban J connectivity index is 1.56. The van der Waals surface area contributed by atoms with Crippen LogP contribution in [0.3, 0.4) is 0 Å². The molecular weight excluding hydrogens is 252 g/mol. The summed E-state index contributed by atoms with van der Waals surface area (Å²) < 4.78 is 0. The third-order valence-corrected chi connectivity index (χ3v) is 6.79. The molecule has 2 heterocycles. The standard InChI is InChI=1S/C16H24N2S/c1-2-7-16(6-1)8-5-13-14(10-16)19-15(18-13)12-4-3-9-17-11-12/h12,17H,1-11H2. The fourth-order valence-electron chi connectivity index (χ4n) is 4.34. The van der Waals surface area contributed by atoms with Crippen LogP contribution in [0.25, 0.3) is 0 Å².